The number of fused-ring (bicyclic) bond motifs is 4. The van der Waals surface area contributed by atoms with Crippen LogP contribution in [0.3, 0.4) is 0 Å². The van der Waals surface area contributed by atoms with Crippen molar-refractivity contribution in [2.45, 2.75) is 6.42 Å². The lowest BCUT2D eigenvalue weighted by atomic mass is 9.82. The van der Waals surface area contributed by atoms with Crippen molar-refractivity contribution in [3.8, 4) is 44.5 Å². The molecule has 6 aromatic carbocycles. The van der Waals surface area contributed by atoms with Crippen molar-refractivity contribution in [1.29, 1.82) is 0 Å². The lowest BCUT2D eigenvalue weighted by molar-refractivity contribution is 1.26. The van der Waals surface area contributed by atoms with Crippen molar-refractivity contribution in [3.05, 3.63) is 145 Å². The van der Waals surface area contributed by atoms with E-state index in [0.717, 1.165) is 6.42 Å². The van der Waals surface area contributed by atoms with Gasteiger partial charge in [0.25, 0.3) is 0 Å². The van der Waals surface area contributed by atoms with Crippen LogP contribution in [0.1, 0.15) is 11.1 Å². The van der Waals surface area contributed by atoms with Gasteiger partial charge in [-0.1, -0.05) is 121 Å². The summed E-state index contributed by atoms with van der Waals surface area (Å²) < 4.78 is 0. The molecule has 0 heterocycles. The van der Waals surface area contributed by atoms with Crippen LogP contribution >= 0.6 is 0 Å². The van der Waals surface area contributed by atoms with Crippen LogP contribution in [0.4, 0.5) is 0 Å². The molecule has 0 unspecified atom stereocenters. The maximum Gasteiger partial charge on any atom is -0.000705 e. The maximum atomic E-state index is 2.44. The van der Waals surface area contributed by atoms with Gasteiger partial charge in [0.05, 0.1) is 0 Å². The zero-order valence-electron chi connectivity index (χ0n) is 19.4. The van der Waals surface area contributed by atoms with Gasteiger partial charge in [0.15, 0.2) is 0 Å². The lowest BCUT2D eigenvalue weighted by Crippen LogP contribution is -1.97. The van der Waals surface area contributed by atoms with Crippen molar-refractivity contribution < 1.29 is 0 Å². The Labute approximate surface area is 206 Å². The number of rotatable bonds is 3. The Kier molecular flexibility index (Phi) is 4.63. The monoisotopic (exact) mass is 444 g/mol. The first-order chi connectivity index (χ1) is 17.4. The van der Waals surface area contributed by atoms with Crippen LogP contribution in [0, 0.1) is 0 Å². The van der Waals surface area contributed by atoms with Gasteiger partial charge in [-0.25, -0.2) is 0 Å². The van der Waals surface area contributed by atoms with E-state index in [9.17, 15) is 0 Å². The smallest absolute Gasteiger partial charge is 0.000705 e. The molecule has 0 fully saturated rings. The molecule has 6 aromatic rings. The van der Waals surface area contributed by atoms with Crippen LogP contribution in [-0.4, -0.2) is 0 Å². The third-order valence-electron chi connectivity index (χ3n) is 7.30. The molecule has 1 aliphatic rings. The molecule has 35 heavy (non-hydrogen) atoms. The SMILES string of the molecule is c1ccc(-c2c(-c3ccc4ccccc4c3)cc3c(c2-c2ccccc2)Cc2ccccc2-3)cc1. The Morgan fingerprint density at radius 3 is 1.77 bits per heavy atom. The Bertz CT molecular complexity index is 1690. The number of hydrogen-bond acceptors (Lipinski definition) is 0. The Morgan fingerprint density at radius 2 is 1.00 bits per heavy atom. The van der Waals surface area contributed by atoms with E-state index < -0.39 is 0 Å². The van der Waals surface area contributed by atoms with E-state index in [-0.39, 0.29) is 0 Å². The molecule has 0 N–H and O–H groups in total. The van der Waals surface area contributed by atoms with Gasteiger partial charge < -0.3 is 0 Å². The largest absolute Gasteiger partial charge is 0.0622 e. The van der Waals surface area contributed by atoms with Gasteiger partial charge in [-0.2, -0.15) is 0 Å². The molecule has 0 saturated carbocycles. The van der Waals surface area contributed by atoms with Gasteiger partial charge in [-0.3, -0.25) is 0 Å². The van der Waals surface area contributed by atoms with Gasteiger partial charge >= 0.3 is 0 Å². The second kappa shape index (κ2) is 8.11. The molecule has 0 nitrogen and oxygen atoms in total. The van der Waals surface area contributed by atoms with Crippen molar-refractivity contribution in [2.75, 3.05) is 0 Å². The fourth-order valence-corrected chi connectivity index (χ4v) is 5.69. The summed E-state index contributed by atoms with van der Waals surface area (Å²) in [6, 6.07) is 48.7. The average molecular weight is 445 g/mol. The third-order valence-corrected chi connectivity index (χ3v) is 7.30. The van der Waals surface area contributed by atoms with Crippen molar-refractivity contribution in [1.82, 2.24) is 0 Å². The van der Waals surface area contributed by atoms with Crippen LogP contribution in [0.5, 0.6) is 0 Å². The highest BCUT2D eigenvalue weighted by Crippen LogP contribution is 2.50. The van der Waals surface area contributed by atoms with Crippen LogP contribution in [0.2, 0.25) is 0 Å². The van der Waals surface area contributed by atoms with Gasteiger partial charge in [-0.15, -0.1) is 0 Å². The van der Waals surface area contributed by atoms with Crippen molar-refractivity contribution in [2.24, 2.45) is 0 Å². The molecule has 0 radical (unpaired) electrons. The summed E-state index contributed by atoms with van der Waals surface area (Å²) in [4.78, 5) is 0. The van der Waals surface area contributed by atoms with E-state index in [1.165, 1.54) is 66.4 Å². The molecule has 7 rings (SSSR count). The topological polar surface area (TPSA) is 0 Å². The number of benzene rings is 6. The molecule has 1 aliphatic carbocycles. The molecule has 0 aromatic heterocycles. The van der Waals surface area contributed by atoms with Crippen LogP contribution in [0.25, 0.3) is 55.3 Å². The molecule has 0 saturated heterocycles. The minimum Gasteiger partial charge on any atom is -0.0622 e. The summed E-state index contributed by atoms with van der Waals surface area (Å²) in [7, 11) is 0. The van der Waals surface area contributed by atoms with Crippen LogP contribution < -0.4 is 0 Å². The van der Waals surface area contributed by atoms with E-state index in [0.29, 0.717) is 0 Å². The molecule has 0 atom stereocenters. The summed E-state index contributed by atoms with van der Waals surface area (Å²) in [5.41, 5.74) is 13.3. The lowest BCUT2D eigenvalue weighted by Gasteiger charge is -2.21. The van der Waals surface area contributed by atoms with E-state index >= 15 is 0 Å². The summed E-state index contributed by atoms with van der Waals surface area (Å²) in [6.07, 6.45) is 0.966. The molecule has 0 heteroatoms. The highest BCUT2D eigenvalue weighted by molar-refractivity contribution is 6.03. The first kappa shape index (κ1) is 20.0. The minimum atomic E-state index is 0.966. The van der Waals surface area contributed by atoms with E-state index in [2.05, 4.69) is 133 Å². The summed E-state index contributed by atoms with van der Waals surface area (Å²) in [6.45, 7) is 0. The summed E-state index contributed by atoms with van der Waals surface area (Å²) in [5, 5.41) is 2.54. The Balaban J connectivity index is 1.62. The highest BCUT2D eigenvalue weighted by Gasteiger charge is 2.27. The van der Waals surface area contributed by atoms with E-state index in [1.54, 1.807) is 0 Å². The molecular formula is C35H24. The highest BCUT2D eigenvalue weighted by atomic mass is 14.3. The summed E-state index contributed by atoms with van der Waals surface area (Å²) >= 11 is 0. The van der Waals surface area contributed by atoms with Crippen molar-refractivity contribution in [3.63, 3.8) is 0 Å². The van der Waals surface area contributed by atoms with Crippen LogP contribution in [-0.2, 0) is 6.42 Å². The van der Waals surface area contributed by atoms with E-state index in [1.807, 2.05) is 0 Å². The van der Waals surface area contributed by atoms with Crippen molar-refractivity contribution >= 4 is 10.8 Å². The van der Waals surface area contributed by atoms with Crippen LogP contribution in [0.15, 0.2) is 133 Å². The fourth-order valence-electron chi connectivity index (χ4n) is 5.69. The zero-order valence-corrected chi connectivity index (χ0v) is 19.4. The van der Waals surface area contributed by atoms with Gasteiger partial charge in [0, 0.05) is 0 Å². The Hall–Kier alpha value is -4.42. The number of hydrogen-bond donors (Lipinski definition) is 0. The first-order valence-corrected chi connectivity index (χ1v) is 12.2. The third kappa shape index (κ3) is 3.30. The minimum absolute atomic E-state index is 0.966. The quantitative estimate of drug-likeness (QED) is 0.255. The molecule has 0 amide bonds. The first-order valence-electron chi connectivity index (χ1n) is 12.2. The normalized spacial score (nSPS) is 11.9. The summed E-state index contributed by atoms with van der Waals surface area (Å²) in [5.74, 6) is 0. The standard InChI is InChI=1S/C35H24/c1-3-12-25(13-4-1)34-31(29-20-19-24-11-7-8-16-27(24)21-29)23-32-30-18-10-9-17-28(30)22-33(32)35(34)26-14-5-2-6-15-26/h1-21,23H,22H2. The zero-order chi connectivity index (χ0) is 23.2. The van der Waals surface area contributed by atoms with E-state index in [4.69, 9.17) is 0 Å². The molecular weight excluding hydrogens is 420 g/mol. The second-order valence-electron chi connectivity index (χ2n) is 9.33. The predicted molar refractivity (Wildman–Crippen MR) is 148 cm³/mol. The average Bonchev–Trinajstić information content (AvgIpc) is 3.31. The molecule has 0 bridgehead atoms. The van der Waals surface area contributed by atoms with Gasteiger partial charge in [0.2, 0.25) is 0 Å². The molecule has 0 aliphatic heterocycles. The second-order valence-corrected chi connectivity index (χ2v) is 9.33. The molecule has 164 valence electrons. The Morgan fingerprint density at radius 1 is 0.371 bits per heavy atom. The fraction of sp³-hybridized carbons (Fsp3) is 0.0286. The van der Waals surface area contributed by atoms with Gasteiger partial charge in [-0.05, 0) is 85.0 Å². The maximum absolute atomic E-state index is 2.44. The van der Waals surface area contributed by atoms with Gasteiger partial charge in [0.1, 0.15) is 0 Å². The predicted octanol–water partition coefficient (Wildman–Crippen LogP) is 9.41. The molecule has 0 spiro atoms.